The number of rotatable bonds is 10. The first-order chi connectivity index (χ1) is 13.0. The van der Waals surface area contributed by atoms with Gasteiger partial charge in [0.1, 0.15) is 17.5 Å². The molecule has 0 fully saturated rings. The van der Waals surface area contributed by atoms with Gasteiger partial charge in [-0.25, -0.2) is 0 Å². The predicted molar refractivity (Wildman–Crippen MR) is 98.4 cm³/mol. The fourth-order valence-electron chi connectivity index (χ4n) is 2.50. The van der Waals surface area contributed by atoms with E-state index in [1.54, 1.807) is 12.4 Å². The zero-order valence-corrected chi connectivity index (χ0v) is 15.0. The van der Waals surface area contributed by atoms with Crippen molar-refractivity contribution in [1.29, 1.82) is 0 Å². The number of ether oxygens (including phenoxy) is 1. The number of carbonyl (C=O) groups excluding carboxylic acids is 2. The number of nitrogens with two attached hydrogens (primary N) is 1. The van der Waals surface area contributed by atoms with Crippen LogP contribution in [0.5, 0.6) is 11.5 Å². The summed E-state index contributed by atoms with van der Waals surface area (Å²) in [6.07, 6.45) is -0.224. The fraction of sp³-hybridized carbons (Fsp3) is 0.263. The Morgan fingerprint density at radius 2 is 1.89 bits per heavy atom. The molecular weight excluding hydrogens is 350 g/mol. The zero-order valence-electron chi connectivity index (χ0n) is 15.0. The average Bonchev–Trinajstić information content (AvgIpc) is 2.66. The summed E-state index contributed by atoms with van der Waals surface area (Å²) in [5, 5.41) is 27.8. The first-order valence-electron chi connectivity index (χ1n) is 8.49. The molecule has 0 bridgehead atoms. The summed E-state index contributed by atoms with van der Waals surface area (Å²) in [4.78, 5) is 23.3. The first-order valence-corrected chi connectivity index (χ1v) is 8.49. The van der Waals surface area contributed by atoms with Crippen LogP contribution in [0.2, 0.25) is 0 Å². The van der Waals surface area contributed by atoms with Gasteiger partial charge in [-0.1, -0.05) is 12.1 Å². The molecule has 2 aromatic rings. The maximum Gasteiger partial charge on any atom is 0.230 e. The van der Waals surface area contributed by atoms with Gasteiger partial charge in [0.2, 0.25) is 5.91 Å². The minimum absolute atomic E-state index is 0.0801. The van der Waals surface area contributed by atoms with Gasteiger partial charge in [-0.3, -0.25) is 4.79 Å². The number of hydrogen-bond donors (Lipinski definition) is 4. The predicted octanol–water partition coefficient (Wildman–Crippen LogP) is -0.477. The smallest absolute Gasteiger partial charge is 0.230 e. The van der Waals surface area contributed by atoms with Crippen LogP contribution in [-0.4, -0.2) is 43.2 Å². The summed E-state index contributed by atoms with van der Waals surface area (Å²) in [5.41, 5.74) is 1.29. The van der Waals surface area contributed by atoms with Crippen LogP contribution >= 0.6 is 0 Å². The molecule has 0 saturated heterocycles. The van der Waals surface area contributed by atoms with Gasteiger partial charge < -0.3 is 35.7 Å². The minimum Gasteiger partial charge on any atom is -0.544 e. The van der Waals surface area contributed by atoms with Crippen molar-refractivity contribution < 1.29 is 29.9 Å². The number of carbonyl (C=O) groups is 2. The van der Waals surface area contributed by atoms with Crippen LogP contribution in [-0.2, 0) is 9.59 Å². The van der Waals surface area contributed by atoms with Gasteiger partial charge in [-0.2, -0.15) is 0 Å². The van der Waals surface area contributed by atoms with E-state index in [0.29, 0.717) is 24.5 Å². The van der Waals surface area contributed by atoms with Gasteiger partial charge in [-0.15, -0.1) is 0 Å². The number of methoxy groups -OCH3 is 1. The highest BCUT2D eigenvalue weighted by Crippen LogP contribution is 2.22. The Balaban J connectivity index is 1.80. The number of quaternary nitrogens is 1. The van der Waals surface area contributed by atoms with E-state index in [1.807, 2.05) is 24.3 Å². The Hall–Kier alpha value is -3.26. The number of carboxylic acids is 1. The van der Waals surface area contributed by atoms with Crippen LogP contribution in [0.25, 0.3) is 0 Å². The number of phenolic OH excluding ortho intramolecular Hbond substituents is 1. The lowest BCUT2D eigenvalue weighted by atomic mass is 10.2. The van der Waals surface area contributed by atoms with E-state index < -0.39 is 17.9 Å². The molecule has 0 spiro atoms. The molecule has 0 unspecified atom stereocenters. The van der Waals surface area contributed by atoms with Crippen LogP contribution in [0.1, 0.15) is 6.42 Å². The molecule has 8 heteroatoms. The van der Waals surface area contributed by atoms with Gasteiger partial charge >= 0.3 is 0 Å². The van der Waals surface area contributed by atoms with Gasteiger partial charge in [0.25, 0.3) is 0 Å². The summed E-state index contributed by atoms with van der Waals surface area (Å²) >= 11 is 0. The van der Waals surface area contributed by atoms with Crippen molar-refractivity contribution in [3.8, 4) is 11.5 Å². The highest BCUT2D eigenvalue weighted by atomic mass is 16.5. The summed E-state index contributed by atoms with van der Waals surface area (Å²) in [6, 6.07) is 12.3. The molecule has 0 radical (unpaired) electrons. The third-order valence-electron chi connectivity index (χ3n) is 3.88. The van der Waals surface area contributed by atoms with Crippen LogP contribution in [0.15, 0.2) is 48.5 Å². The van der Waals surface area contributed by atoms with E-state index in [4.69, 9.17) is 4.74 Å². The molecular formula is C19H23N3O5. The van der Waals surface area contributed by atoms with E-state index in [0.717, 1.165) is 5.69 Å². The van der Waals surface area contributed by atoms with Crippen molar-refractivity contribution in [1.82, 2.24) is 0 Å². The molecule has 0 aromatic heterocycles. The number of aliphatic carboxylic acids is 1. The molecule has 2 aromatic carbocycles. The Kier molecular flexibility index (Phi) is 7.45. The van der Waals surface area contributed by atoms with Gasteiger partial charge in [0.05, 0.1) is 38.3 Å². The minimum atomic E-state index is -1.30. The average molecular weight is 373 g/mol. The molecule has 0 saturated carbocycles. The third-order valence-corrected chi connectivity index (χ3v) is 3.88. The van der Waals surface area contributed by atoms with E-state index in [-0.39, 0.29) is 12.2 Å². The summed E-state index contributed by atoms with van der Waals surface area (Å²) in [6.45, 7) is 0.924. The van der Waals surface area contributed by atoms with Crippen molar-refractivity contribution >= 4 is 23.3 Å². The van der Waals surface area contributed by atoms with Crippen LogP contribution in [0.4, 0.5) is 11.4 Å². The van der Waals surface area contributed by atoms with Gasteiger partial charge in [0.15, 0.2) is 0 Å². The SMILES string of the molecule is COc1ccccc1NCC[NH2+][C@@H](CC(=O)Nc1ccc(O)cc1)C(=O)[O-]. The van der Waals surface area contributed by atoms with Crippen molar-refractivity contribution in [2.24, 2.45) is 0 Å². The second kappa shape index (κ2) is 10.0. The molecule has 0 aliphatic rings. The van der Waals surface area contributed by atoms with E-state index in [1.165, 1.54) is 24.3 Å². The number of aromatic hydroxyl groups is 1. The first kappa shape index (κ1) is 20.1. The molecule has 0 heterocycles. The largest absolute Gasteiger partial charge is 0.544 e. The summed E-state index contributed by atoms with van der Waals surface area (Å²) < 4.78 is 5.23. The Morgan fingerprint density at radius 3 is 2.56 bits per heavy atom. The molecule has 27 heavy (non-hydrogen) atoms. The Morgan fingerprint density at radius 1 is 1.19 bits per heavy atom. The maximum atomic E-state index is 12.0. The normalized spacial score (nSPS) is 11.4. The number of amides is 1. The molecule has 8 nitrogen and oxygen atoms in total. The lowest BCUT2D eigenvalue weighted by Gasteiger charge is -2.17. The molecule has 2 rings (SSSR count). The maximum absolute atomic E-state index is 12.0. The van der Waals surface area contributed by atoms with Crippen molar-refractivity contribution in [2.45, 2.75) is 12.5 Å². The van der Waals surface area contributed by atoms with Crippen molar-refractivity contribution in [2.75, 3.05) is 30.8 Å². The third kappa shape index (κ3) is 6.52. The Bertz CT molecular complexity index is 764. The summed E-state index contributed by atoms with van der Waals surface area (Å²) in [7, 11) is 1.57. The highest BCUT2D eigenvalue weighted by molar-refractivity contribution is 5.93. The van der Waals surface area contributed by atoms with Gasteiger partial charge in [0, 0.05) is 5.69 Å². The lowest BCUT2D eigenvalue weighted by Crippen LogP contribution is -2.94. The number of nitrogens with one attached hydrogen (secondary N) is 2. The highest BCUT2D eigenvalue weighted by Gasteiger charge is 2.18. The monoisotopic (exact) mass is 373 g/mol. The van der Waals surface area contributed by atoms with Crippen molar-refractivity contribution in [3.05, 3.63) is 48.5 Å². The number of para-hydroxylation sites is 2. The Labute approximate surface area is 157 Å². The molecule has 0 aliphatic carbocycles. The number of anilines is 2. The standard InChI is InChI=1S/C19H23N3O5/c1-27-17-5-3-2-4-15(17)20-10-11-21-16(19(25)26)12-18(24)22-13-6-8-14(23)9-7-13/h2-9,16,20-21,23H,10-12H2,1H3,(H,22,24)(H,25,26)/t16-/m0/s1. The zero-order chi connectivity index (χ0) is 19.6. The lowest BCUT2D eigenvalue weighted by molar-refractivity contribution is -0.680. The molecule has 144 valence electrons. The quantitative estimate of drug-likeness (QED) is 0.329. The topological polar surface area (TPSA) is 127 Å². The molecule has 1 amide bonds. The van der Waals surface area contributed by atoms with E-state index in [9.17, 15) is 19.8 Å². The van der Waals surface area contributed by atoms with E-state index >= 15 is 0 Å². The summed E-state index contributed by atoms with van der Waals surface area (Å²) in [5.74, 6) is -0.962. The number of hydrogen-bond acceptors (Lipinski definition) is 6. The second-order valence-corrected chi connectivity index (χ2v) is 5.88. The molecule has 5 N–H and O–H groups in total. The number of benzene rings is 2. The van der Waals surface area contributed by atoms with Gasteiger partial charge in [-0.05, 0) is 36.4 Å². The fourth-order valence-corrected chi connectivity index (χ4v) is 2.50. The second-order valence-electron chi connectivity index (χ2n) is 5.88. The van der Waals surface area contributed by atoms with Crippen LogP contribution < -0.4 is 25.8 Å². The molecule has 0 aliphatic heterocycles. The molecule has 1 atom stereocenters. The van der Waals surface area contributed by atoms with E-state index in [2.05, 4.69) is 10.6 Å². The number of carboxylic acid groups (broad SMARTS) is 1. The van der Waals surface area contributed by atoms with Crippen LogP contribution in [0, 0.1) is 0 Å². The number of phenols is 1. The van der Waals surface area contributed by atoms with Crippen molar-refractivity contribution in [3.63, 3.8) is 0 Å². The van der Waals surface area contributed by atoms with Crippen LogP contribution in [0.3, 0.4) is 0 Å².